The Morgan fingerprint density at radius 2 is 1.61 bits per heavy atom. The predicted molar refractivity (Wildman–Crippen MR) is 98.9 cm³/mol. The van der Waals surface area contributed by atoms with Gasteiger partial charge in [0, 0.05) is 27.0 Å². The fourth-order valence-corrected chi connectivity index (χ4v) is 2.95. The summed E-state index contributed by atoms with van der Waals surface area (Å²) in [7, 11) is 0. The molecule has 0 radical (unpaired) electrons. The van der Waals surface area contributed by atoms with Crippen LogP contribution in [0.15, 0.2) is 15.8 Å². The Bertz CT molecular complexity index is 979. The molecule has 2 rings (SSSR count). The first kappa shape index (κ1) is 23.8. The standard InChI is InChI=1S/C18H22N2O11/c1-5-27-17(25)11-6-20(18(26)19-15(11)24)16-14(30-10(4)23)13(29-9(3)22)12(31-16)7-28-8(2)21/h6,12-14,16H,5,7H2,1-4H3,(H,19,24,26)/t12-,13+,14-,16-/m1/s1. The van der Waals surface area contributed by atoms with Crippen molar-refractivity contribution >= 4 is 23.9 Å². The molecule has 1 aliphatic heterocycles. The van der Waals surface area contributed by atoms with E-state index in [0.29, 0.717) is 0 Å². The number of nitrogens with zero attached hydrogens (tertiary/aromatic N) is 1. The van der Waals surface area contributed by atoms with Gasteiger partial charge in [-0.15, -0.1) is 0 Å². The molecule has 1 aromatic rings. The largest absolute Gasteiger partial charge is 0.463 e. The Kier molecular flexibility index (Phi) is 7.69. The van der Waals surface area contributed by atoms with Crippen molar-refractivity contribution in [2.75, 3.05) is 13.2 Å². The molecule has 13 heteroatoms. The Balaban J connectivity index is 2.54. The average molecular weight is 442 g/mol. The van der Waals surface area contributed by atoms with Gasteiger partial charge in [-0.05, 0) is 6.92 Å². The summed E-state index contributed by atoms with van der Waals surface area (Å²) in [6.07, 6.45) is -4.27. The van der Waals surface area contributed by atoms with E-state index in [0.717, 1.165) is 31.5 Å². The van der Waals surface area contributed by atoms with Crippen molar-refractivity contribution in [1.82, 2.24) is 9.55 Å². The Morgan fingerprint density at radius 1 is 1.00 bits per heavy atom. The van der Waals surface area contributed by atoms with Crippen molar-refractivity contribution in [2.45, 2.75) is 52.2 Å². The second-order valence-corrected chi connectivity index (χ2v) is 6.45. The smallest absolute Gasteiger partial charge is 0.345 e. The van der Waals surface area contributed by atoms with Crippen molar-refractivity contribution in [1.29, 1.82) is 0 Å². The first-order chi connectivity index (χ1) is 14.5. The fraction of sp³-hybridized carbons (Fsp3) is 0.556. The summed E-state index contributed by atoms with van der Waals surface area (Å²) in [6.45, 7) is 4.46. The normalized spacial score (nSPS) is 22.5. The van der Waals surface area contributed by atoms with E-state index in [4.69, 9.17) is 23.7 Å². The van der Waals surface area contributed by atoms with E-state index in [1.54, 1.807) is 0 Å². The summed E-state index contributed by atoms with van der Waals surface area (Å²) in [5, 5.41) is 0. The van der Waals surface area contributed by atoms with Gasteiger partial charge in [0.25, 0.3) is 5.56 Å². The second kappa shape index (κ2) is 10.0. The van der Waals surface area contributed by atoms with Gasteiger partial charge >= 0.3 is 29.6 Å². The van der Waals surface area contributed by atoms with Gasteiger partial charge < -0.3 is 23.7 Å². The highest BCUT2D eigenvalue weighted by Gasteiger charge is 2.51. The molecule has 0 saturated carbocycles. The molecule has 2 heterocycles. The minimum absolute atomic E-state index is 0.0214. The molecule has 0 spiro atoms. The molecule has 31 heavy (non-hydrogen) atoms. The molecule has 1 aromatic heterocycles. The van der Waals surface area contributed by atoms with Crippen LogP contribution in [-0.2, 0) is 38.1 Å². The van der Waals surface area contributed by atoms with Crippen LogP contribution in [0.1, 0.15) is 44.3 Å². The van der Waals surface area contributed by atoms with E-state index < -0.39 is 65.2 Å². The quantitative estimate of drug-likeness (QED) is 0.407. The average Bonchev–Trinajstić information content (AvgIpc) is 2.96. The number of carbonyl (C=O) groups is 4. The molecule has 4 atom stereocenters. The molecule has 1 fully saturated rings. The lowest BCUT2D eigenvalue weighted by atomic mass is 10.1. The highest BCUT2D eigenvalue weighted by molar-refractivity contribution is 5.88. The lowest BCUT2D eigenvalue weighted by molar-refractivity contribution is -0.166. The van der Waals surface area contributed by atoms with Crippen LogP contribution in [-0.4, -0.2) is 65.0 Å². The monoisotopic (exact) mass is 442 g/mol. The van der Waals surface area contributed by atoms with Gasteiger partial charge in [-0.1, -0.05) is 0 Å². The zero-order chi connectivity index (χ0) is 23.3. The first-order valence-corrected chi connectivity index (χ1v) is 9.21. The SMILES string of the molecule is CCOC(=O)c1cn([C@@H]2O[C@H](COC(C)=O)[C@H](OC(C)=O)[C@H]2OC(C)=O)c(=O)[nH]c1=O. The van der Waals surface area contributed by atoms with Crippen molar-refractivity contribution in [3.05, 3.63) is 32.6 Å². The lowest BCUT2D eigenvalue weighted by Gasteiger charge is -2.24. The zero-order valence-corrected chi connectivity index (χ0v) is 17.2. The number of hydrogen-bond acceptors (Lipinski definition) is 11. The van der Waals surface area contributed by atoms with Gasteiger partial charge in [-0.3, -0.25) is 28.7 Å². The van der Waals surface area contributed by atoms with E-state index >= 15 is 0 Å². The number of ether oxygens (including phenoxy) is 5. The Labute approximate surface area is 175 Å². The van der Waals surface area contributed by atoms with Gasteiger partial charge in [0.2, 0.25) is 0 Å². The number of H-pyrrole nitrogens is 1. The van der Waals surface area contributed by atoms with Crippen LogP contribution < -0.4 is 11.2 Å². The van der Waals surface area contributed by atoms with Crippen LogP contribution in [0.25, 0.3) is 0 Å². The summed E-state index contributed by atoms with van der Waals surface area (Å²) in [6, 6.07) is 0. The maximum atomic E-state index is 12.4. The maximum absolute atomic E-state index is 12.4. The number of aromatic amines is 1. The summed E-state index contributed by atoms with van der Waals surface area (Å²) < 4.78 is 26.6. The van der Waals surface area contributed by atoms with Crippen molar-refractivity contribution in [3.8, 4) is 0 Å². The Morgan fingerprint density at radius 3 is 2.16 bits per heavy atom. The molecule has 0 aliphatic carbocycles. The third kappa shape index (κ3) is 5.78. The number of aromatic nitrogens is 2. The summed E-state index contributed by atoms with van der Waals surface area (Å²) in [5.41, 5.74) is -2.48. The van der Waals surface area contributed by atoms with Gasteiger partial charge in [-0.2, -0.15) is 0 Å². The van der Waals surface area contributed by atoms with E-state index in [1.165, 1.54) is 6.92 Å². The Hall–Kier alpha value is -3.48. The van der Waals surface area contributed by atoms with E-state index in [2.05, 4.69) is 0 Å². The van der Waals surface area contributed by atoms with Crippen molar-refractivity contribution in [2.24, 2.45) is 0 Å². The number of hydrogen-bond donors (Lipinski definition) is 1. The fourth-order valence-electron chi connectivity index (χ4n) is 2.95. The number of carbonyl (C=O) groups excluding carboxylic acids is 4. The molecule has 0 bridgehead atoms. The molecule has 0 aromatic carbocycles. The predicted octanol–water partition coefficient (Wildman–Crippen LogP) is -0.963. The molecule has 13 nitrogen and oxygen atoms in total. The van der Waals surface area contributed by atoms with Crippen molar-refractivity contribution < 1.29 is 42.9 Å². The van der Waals surface area contributed by atoms with E-state index in [9.17, 15) is 28.8 Å². The number of rotatable bonds is 7. The molecular formula is C18H22N2O11. The maximum Gasteiger partial charge on any atom is 0.345 e. The second-order valence-electron chi connectivity index (χ2n) is 6.45. The molecular weight excluding hydrogens is 420 g/mol. The van der Waals surface area contributed by atoms with Crippen LogP contribution in [0.5, 0.6) is 0 Å². The van der Waals surface area contributed by atoms with Gasteiger partial charge in [0.1, 0.15) is 18.3 Å². The molecule has 0 unspecified atom stereocenters. The topological polar surface area (TPSA) is 169 Å². The minimum atomic E-state index is -1.42. The third-order valence-electron chi connectivity index (χ3n) is 4.08. The highest BCUT2D eigenvalue weighted by Crippen LogP contribution is 2.33. The number of esters is 4. The molecule has 1 saturated heterocycles. The molecule has 0 amide bonds. The van der Waals surface area contributed by atoms with Gasteiger partial charge in [0.15, 0.2) is 18.4 Å². The van der Waals surface area contributed by atoms with Crippen LogP contribution in [0.2, 0.25) is 0 Å². The van der Waals surface area contributed by atoms with Gasteiger partial charge in [-0.25, -0.2) is 9.59 Å². The minimum Gasteiger partial charge on any atom is -0.463 e. The van der Waals surface area contributed by atoms with Crippen LogP contribution in [0.3, 0.4) is 0 Å². The highest BCUT2D eigenvalue weighted by atomic mass is 16.7. The molecule has 1 N–H and O–H groups in total. The van der Waals surface area contributed by atoms with Gasteiger partial charge in [0.05, 0.1) is 6.61 Å². The van der Waals surface area contributed by atoms with Crippen molar-refractivity contribution in [3.63, 3.8) is 0 Å². The summed E-state index contributed by atoms with van der Waals surface area (Å²) in [4.78, 5) is 72.9. The van der Waals surface area contributed by atoms with E-state index in [1.807, 2.05) is 4.98 Å². The van der Waals surface area contributed by atoms with Crippen LogP contribution in [0.4, 0.5) is 0 Å². The van der Waals surface area contributed by atoms with Crippen LogP contribution in [0, 0.1) is 0 Å². The van der Waals surface area contributed by atoms with Crippen LogP contribution >= 0.6 is 0 Å². The third-order valence-corrected chi connectivity index (χ3v) is 4.08. The summed E-state index contributed by atoms with van der Waals surface area (Å²) >= 11 is 0. The first-order valence-electron chi connectivity index (χ1n) is 9.21. The van der Waals surface area contributed by atoms with E-state index in [-0.39, 0.29) is 13.2 Å². The lowest BCUT2D eigenvalue weighted by Crippen LogP contribution is -2.43. The summed E-state index contributed by atoms with van der Waals surface area (Å²) in [5.74, 6) is -3.18. The molecule has 1 aliphatic rings. The molecule has 170 valence electrons. The zero-order valence-electron chi connectivity index (χ0n) is 17.2. The number of nitrogens with one attached hydrogen (secondary N) is 1.